The molecule has 6 heteroatoms. The van der Waals surface area contributed by atoms with Crippen LogP contribution in [0.15, 0.2) is 24.3 Å². The number of hydrogen-bond donors (Lipinski definition) is 2. The molecule has 0 saturated carbocycles. The molecule has 0 aliphatic rings. The molecule has 0 spiro atoms. The van der Waals surface area contributed by atoms with Crippen molar-refractivity contribution in [1.82, 2.24) is 5.32 Å². The number of nitrogens with one attached hydrogen (secondary N) is 1. The Balaban J connectivity index is 2.12. The number of rotatable bonds is 9. The number of nitro groups is 1. The summed E-state index contributed by atoms with van der Waals surface area (Å²) in [6, 6.07) is 6.51. The molecule has 2 N–H and O–H groups in total. The van der Waals surface area contributed by atoms with Crippen molar-refractivity contribution >= 4 is 11.7 Å². The van der Waals surface area contributed by atoms with Crippen molar-refractivity contribution in [2.45, 2.75) is 25.7 Å². The number of unbranched alkanes of at least 4 members (excludes halogenated alkanes) is 1. The van der Waals surface area contributed by atoms with Gasteiger partial charge in [0.25, 0.3) is 5.69 Å². The normalized spacial score (nSPS) is 10.3. The van der Waals surface area contributed by atoms with E-state index >= 15 is 0 Å². The minimum Gasteiger partial charge on any atom is -0.481 e. The van der Waals surface area contributed by atoms with Crippen LogP contribution < -0.4 is 5.32 Å². The van der Waals surface area contributed by atoms with E-state index in [4.69, 9.17) is 5.11 Å². The SMILES string of the molecule is O=C(O)CCCCNCCc1ccc([N+](=O)[O-])cc1. The number of nitrogens with zero attached hydrogens (tertiary/aromatic N) is 1. The first-order chi connectivity index (χ1) is 9.09. The Morgan fingerprint density at radius 2 is 1.89 bits per heavy atom. The van der Waals surface area contributed by atoms with Gasteiger partial charge in [0.05, 0.1) is 4.92 Å². The highest BCUT2D eigenvalue weighted by Crippen LogP contribution is 2.11. The molecule has 1 rings (SSSR count). The van der Waals surface area contributed by atoms with Gasteiger partial charge in [-0.25, -0.2) is 0 Å². The number of benzene rings is 1. The third kappa shape index (κ3) is 6.52. The zero-order chi connectivity index (χ0) is 14.1. The summed E-state index contributed by atoms with van der Waals surface area (Å²) < 4.78 is 0. The number of carbonyl (C=O) groups is 1. The van der Waals surface area contributed by atoms with Gasteiger partial charge < -0.3 is 10.4 Å². The van der Waals surface area contributed by atoms with Crippen molar-refractivity contribution in [3.63, 3.8) is 0 Å². The Kier molecular flexibility index (Phi) is 6.52. The number of aliphatic carboxylic acids is 1. The van der Waals surface area contributed by atoms with Crippen LogP contribution in [0.1, 0.15) is 24.8 Å². The van der Waals surface area contributed by atoms with Crippen molar-refractivity contribution in [1.29, 1.82) is 0 Å². The molecule has 6 nitrogen and oxygen atoms in total. The maximum Gasteiger partial charge on any atom is 0.303 e. The van der Waals surface area contributed by atoms with E-state index in [9.17, 15) is 14.9 Å². The van der Waals surface area contributed by atoms with Crippen LogP contribution in [0.3, 0.4) is 0 Å². The predicted octanol–water partition coefficient (Wildman–Crippen LogP) is 1.98. The molecule has 0 bridgehead atoms. The quantitative estimate of drug-likeness (QED) is 0.405. The monoisotopic (exact) mass is 266 g/mol. The summed E-state index contributed by atoms with van der Waals surface area (Å²) in [4.78, 5) is 20.3. The first kappa shape index (κ1) is 15.1. The van der Waals surface area contributed by atoms with E-state index in [1.54, 1.807) is 12.1 Å². The standard InChI is InChI=1S/C13H18N2O4/c16-13(17)3-1-2-9-14-10-8-11-4-6-12(7-5-11)15(18)19/h4-7,14H,1-3,8-10H2,(H,16,17). The van der Waals surface area contributed by atoms with Crippen molar-refractivity contribution in [3.05, 3.63) is 39.9 Å². The zero-order valence-electron chi connectivity index (χ0n) is 10.7. The van der Waals surface area contributed by atoms with E-state index in [-0.39, 0.29) is 12.1 Å². The summed E-state index contributed by atoms with van der Waals surface area (Å²) >= 11 is 0. The molecule has 104 valence electrons. The lowest BCUT2D eigenvalue weighted by atomic mass is 10.1. The van der Waals surface area contributed by atoms with Gasteiger partial charge in [-0.15, -0.1) is 0 Å². The summed E-state index contributed by atoms with van der Waals surface area (Å²) in [5.41, 5.74) is 1.15. The zero-order valence-corrected chi connectivity index (χ0v) is 10.7. The molecule has 19 heavy (non-hydrogen) atoms. The van der Waals surface area contributed by atoms with Crippen LogP contribution in [-0.2, 0) is 11.2 Å². The minimum atomic E-state index is -0.758. The largest absolute Gasteiger partial charge is 0.481 e. The van der Waals surface area contributed by atoms with Crippen LogP contribution in [0.4, 0.5) is 5.69 Å². The number of hydrogen-bond acceptors (Lipinski definition) is 4. The van der Waals surface area contributed by atoms with Gasteiger partial charge in [-0.2, -0.15) is 0 Å². The number of carboxylic acid groups (broad SMARTS) is 1. The predicted molar refractivity (Wildman–Crippen MR) is 71.2 cm³/mol. The van der Waals surface area contributed by atoms with E-state index in [0.717, 1.165) is 31.5 Å². The van der Waals surface area contributed by atoms with E-state index in [2.05, 4.69) is 5.32 Å². The molecule has 0 unspecified atom stereocenters. The van der Waals surface area contributed by atoms with Crippen LogP contribution in [0.25, 0.3) is 0 Å². The summed E-state index contributed by atoms with van der Waals surface area (Å²) in [7, 11) is 0. The summed E-state index contributed by atoms with van der Waals surface area (Å²) in [5, 5.41) is 22.1. The van der Waals surface area contributed by atoms with Crippen LogP contribution in [0.2, 0.25) is 0 Å². The van der Waals surface area contributed by atoms with Gasteiger partial charge in [0.2, 0.25) is 0 Å². The molecular formula is C13H18N2O4. The van der Waals surface area contributed by atoms with Gasteiger partial charge in [-0.3, -0.25) is 14.9 Å². The molecule has 0 heterocycles. The highest BCUT2D eigenvalue weighted by atomic mass is 16.6. The Bertz CT molecular complexity index is 417. The molecule has 0 radical (unpaired) electrons. The number of nitro benzene ring substituents is 1. The molecule has 0 aromatic heterocycles. The Hall–Kier alpha value is -1.95. The van der Waals surface area contributed by atoms with Gasteiger partial charge in [0.15, 0.2) is 0 Å². The number of carboxylic acids is 1. The fourth-order valence-corrected chi connectivity index (χ4v) is 1.67. The summed E-state index contributed by atoms with van der Waals surface area (Å²) in [6.45, 7) is 1.57. The highest BCUT2D eigenvalue weighted by Gasteiger charge is 2.03. The minimum absolute atomic E-state index is 0.102. The Morgan fingerprint density at radius 1 is 1.21 bits per heavy atom. The first-order valence-corrected chi connectivity index (χ1v) is 6.25. The smallest absolute Gasteiger partial charge is 0.303 e. The first-order valence-electron chi connectivity index (χ1n) is 6.25. The van der Waals surface area contributed by atoms with Crippen molar-refractivity contribution in [2.75, 3.05) is 13.1 Å². The Morgan fingerprint density at radius 3 is 2.47 bits per heavy atom. The molecule has 0 aliphatic heterocycles. The number of non-ortho nitro benzene ring substituents is 1. The lowest BCUT2D eigenvalue weighted by Gasteiger charge is -2.04. The van der Waals surface area contributed by atoms with Gasteiger partial charge in [-0.1, -0.05) is 12.1 Å². The van der Waals surface area contributed by atoms with Crippen molar-refractivity contribution < 1.29 is 14.8 Å². The average molecular weight is 266 g/mol. The summed E-state index contributed by atoms with van der Waals surface area (Å²) in [6.07, 6.45) is 2.54. The van der Waals surface area contributed by atoms with Crippen LogP contribution in [-0.4, -0.2) is 29.1 Å². The van der Waals surface area contributed by atoms with Gasteiger partial charge in [0, 0.05) is 18.6 Å². The van der Waals surface area contributed by atoms with Crippen molar-refractivity contribution in [3.8, 4) is 0 Å². The lowest BCUT2D eigenvalue weighted by Crippen LogP contribution is -2.18. The molecule has 0 aliphatic carbocycles. The second-order valence-corrected chi connectivity index (χ2v) is 4.27. The molecule has 1 aromatic carbocycles. The van der Waals surface area contributed by atoms with Crippen LogP contribution in [0.5, 0.6) is 0 Å². The molecule has 1 aromatic rings. The second-order valence-electron chi connectivity index (χ2n) is 4.27. The van der Waals surface area contributed by atoms with Crippen LogP contribution >= 0.6 is 0 Å². The summed E-state index contributed by atoms with van der Waals surface area (Å²) in [5.74, 6) is -0.758. The highest BCUT2D eigenvalue weighted by molar-refractivity contribution is 5.66. The van der Waals surface area contributed by atoms with E-state index in [1.807, 2.05) is 0 Å². The molecule has 0 amide bonds. The third-order valence-electron chi connectivity index (χ3n) is 2.73. The topological polar surface area (TPSA) is 92.5 Å². The van der Waals surface area contributed by atoms with Gasteiger partial charge >= 0.3 is 5.97 Å². The lowest BCUT2D eigenvalue weighted by molar-refractivity contribution is -0.384. The van der Waals surface area contributed by atoms with Crippen molar-refractivity contribution in [2.24, 2.45) is 0 Å². The molecule has 0 atom stereocenters. The van der Waals surface area contributed by atoms with E-state index in [1.165, 1.54) is 12.1 Å². The Labute approximate surface area is 111 Å². The van der Waals surface area contributed by atoms with Gasteiger partial charge in [0.1, 0.15) is 0 Å². The fraction of sp³-hybridized carbons (Fsp3) is 0.462. The van der Waals surface area contributed by atoms with Crippen LogP contribution in [0, 0.1) is 10.1 Å². The maximum atomic E-state index is 10.5. The molecule has 0 fully saturated rings. The maximum absolute atomic E-state index is 10.5. The van der Waals surface area contributed by atoms with E-state index in [0.29, 0.717) is 6.42 Å². The van der Waals surface area contributed by atoms with E-state index < -0.39 is 10.9 Å². The second kappa shape index (κ2) is 8.20. The average Bonchev–Trinajstić information content (AvgIpc) is 2.38. The van der Waals surface area contributed by atoms with Gasteiger partial charge in [-0.05, 0) is 37.9 Å². The molecule has 0 saturated heterocycles. The third-order valence-corrected chi connectivity index (χ3v) is 2.73. The fourth-order valence-electron chi connectivity index (χ4n) is 1.67. The molecular weight excluding hydrogens is 248 g/mol.